The Morgan fingerprint density at radius 2 is 1.13 bits per heavy atom. The minimum Gasteiger partial charge on any atom is -0.310 e. The number of hydrogen-bond donors (Lipinski definition) is 0. The highest BCUT2D eigenvalue weighted by Crippen LogP contribution is 2.57. The van der Waals surface area contributed by atoms with Gasteiger partial charge in [0.05, 0.1) is 28.0 Å². The van der Waals surface area contributed by atoms with Gasteiger partial charge in [-0.25, -0.2) is 4.98 Å². The van der Waals surface area contributed by atoms with E-state index in [1.165, 1.54) is 44.2 Å². The molecule has 0 spiro atoms. The van der Waals surface area contributed by atoms with E-state index in [4.69, 9.17) is 4.98 Å². The van der Waals surface area contributed by atoms with Crippen molar-refractivity contribution in [1.29, 1.82) is 0 Å². The summed E-state index contributed by atoms with van der Waals surface area (Å²) in [5, 5.41) is 1.15. The fourth-order valence-electron chi connectivity index (χ4n) is 9.38. The molecular formula is C51H34BN3. The Hall–Kier alpha value is -7.04. The van der Waals surface area contributed by atoms with Crippen molar-refractivity contribution in [2.75, 3.05) is 4.90 Å². The lowest BCUT2D eigenvalue weighted by atomic mass is 9.39. The van der Waals surface area contributed by atoms with Crippen molar-refractivity contribution in [2.24, 2.45) is 0 Å². The molecule has 0 saturated carbocycles. The summed E-state index contributed by atoms with van der Waals surface area (Å²) in [5.74, 6) is 0. The minimum atomic E-state index is -0.536. The molecule has 9 aromatic rings. The molecule has 0 atom stereocenters. The highest BCUT2D eigenvalue weighted by atomic mass is 15.2. The first-order chi connectivity index (χ1) is 27.3. The second-order valence-corrected chi connectivity index (χ2v) is 14.5. The third-order valence-electron chi connectivity index (χ3n) is 11.6. The highest BCUT2D eigenvalue weighted by Gasteiger charge is 2.46. The molecule has 0 unspecified atom stereocenters. The number of hydrogen-bond acceptors (Lipinski definition) is 3. The van der Waals surface area contributed by atoms with Crippen molar-refractivity contribution in [3.8, 4) is 22.4 Å². The van der Waals surface area contributed by atoms with Crippen LogP contribution in [-0.2, 0) is 5.41 Å². The fraction of sp³-hybridized carbons (Fsp3) is 0.0196. The zero-order chi connectivity index (χ0) is 36.3. The lowest BCUT2D eigenvalue weighted by molar-refractivity contribution is 0.731. The zero-order valence-corrected chi connectivity index (χ0v) is 30.0. The van der Waals surface area contributed by atoms with E-state index in [9.17, 15) is 0 Å². The van der Waals surface area contributed by atoms with Crippen LogP contribution in [0.1, 0.15) is 22.3 Å². The van der Waals surface area contributed by atoms with E-state index in [1.54, 1.807) is 0 Å². The molecule has 0 bridgehead atoms. The van der Waals surface area contributed by atoms with Gasteiger partial charge < -0.3 is 4.90 Å². The van der Waals surface area contributed by atoms with Crippen LogP contribution in [0.3, 0.4) is 0 Å². The van der Waals surface area contributed by atoms with Crippen LogP contribution >= 0.6 is 0 Å². The largest absolute Gasteiger partial charge is 0.310 e. The Kier molecular flexibility index (Phi) is 7.18. The Labute approximate surface area is 321 Å². The summed E-state index contributed by atoms with van der Waals surface area (Å²) in [6.45, 7) is 0.00156. The van der Waals surface area contributed by atoms with Gasteiger partial charge in [-0.15, -0.1) is 0 Å². The standard InChI is InChI=1S/C51H34BN3/c1-3-18-38(19-4-1)51(39-20-5-2-6-21-39)43-23-9-13-27-48(43)55(49-28-14-10-24-44(49)51)41-31-37(36-17-15-29-53-34-36)30-40(33-41)52-45-25-11-8-22-42(45)50-46(52)32-35-16-7-12-26-47(35)54-50/h1-34H. The van der Waals surface area contributed by atoms with Crippen LogP contribution < -0.4 is 21.3 Å². The van der Waals surface area contributed by atoms with Crippen LogP contribution in [0.25, 0.3) is 33.3 Å². The van der Waals surface area contributed by atoms with Gasteiger partial charge in [-0.2, -0.15) is 0 Å². The molecule has 2 aromatic heterocycles. The highest BCUT2D eigenvalue weighted by molar-refractivity contribution is 6.99. The van der Waals surface area contributed by atoms with Crippen molar-refractivity contribution in [3.05, 3.63) is 229 Å². The van der Waals surface area contributed by atoms with Crippen LogP contribution in [0.2, 0.25) is 0 Å². The van der Waals surface area contributed by atoms with E-state index in [2.05, 4.69) is 198 Å². The van der Waals surface area contributed by atoms with Gasteiger partial charge in [0.2, 0.25) is 6.71 Å². The molecule has 0 radical (unpaired) electrons. The molecule has 4 heteroatoms. The maximum Gasteiger partial charge on any atom is 0.245 e. The average Bonchev–Trinajstić information content (AvgIpc) is 3.58. The SMILES string of the molecule is c1ccc(C2(c3ccccc3)c3ccccc3N(c3cc(B4c5ccccc5-c5nc6ccccc6cc54)cc(-c4cccnc4)c3)c3ccccc32)cc1. The predicted octanol–water partition coefficient (Wildman–Crippen LogP) is 9.96. The van der Waals surface area contributed by atoms with E-state index in [1.807, 2.05) is 18.5 Å². The number of fused-ring (bicyclic) bond motifs is 6. The Balaban J connectivity index is 1.20. The summed E-state index contributed by atoms with van der Waals surface area (Å²) in [4.78, 5) is 12.3. The minimum absolute atomic E-state index is 0.00156. The third-order valence-corrected chi connectivity index (χ3v) is 11.6. The van der Waals surface area contributed by atoms with Gasteiger partial charge in [0.15, 0.2) is 0 Å². The molecule has 0 N–H and O–H groups in total. The second kappa shape index (κ2) is 12.5. The van der Waals surface area contributed by atoms with E-state index in [0.717, 1.165) is 44.8 Å². The van der Waals surface area contributed by atoms with E-state index >= 15 is 0 Å². The zero-order valence-electron chi connectivity index (χ0n) is 30.0. The van der Waals surface area contributed by atoms with Crippen molar-refractivity contribution < 1.29 is 0 Å². The number of pyridine rings is 2. The van der Waals surface area contributed by atoms with Gasteiger partial charge in [0, 0.05) is 23.6 Å². The number of aromatic nitrogens is 2. The normalized spacial score (nSPS) is 13.5. The van der Waals surface area contributed by atoms with Gasteiger partial charge in [-0.05, 0) is 80.6 Å². The summed E-state index contributed by atoms with van der Waals surface area (Å²) < 4.78 is 0. The maximum atomic E-state index is 5.28. The van der Waals surface area contributed by atoms with Crippen LogP contribution in [-0.4, -0.2) is 16.7 Å². The van der Waals surface area contributed by atoms with Crippen molar-refractivity contribution >= 4 is 51.1 Å². The van der Waals surface area contributed by atoms with Crippen LogP contribution in [0.4, 0.5) is 17.1 Å². The van der Waals surface area contributed by atoms with Crippen molar-refractivity contribution in [3.63, 3.8) is 0 Å². The van der Waals surface area contributed by atoms with E-state index < -0.39 is 5.41 Å². The first-order valence-corrected chi connectivity index (χ1v) is 18.9. The molecule has 256 valence electrons. The second-order valence-electron chi connectivity index (χ2n) is 14.5. The lowest BCUT2D eigenvalue weighted by Gasteiger charge is -2.46. The number of para-hydroxylation sites is 3. The molecule has 0 aliphatic carbocycles. The molecule has 0 saturated heterocycles. The summed E-state index contributed by atoms with van der Waals surface area (Å²) in [6, 6.07) is 70.9. The molecule has 4 heterocycles. The lowest BCUT2D eigenvalue weighted by Crippen LogP contribution is -2.49. The number of anilines is 3. The summed E-state index contributed by atoms with van der Waals surface area (Å²) in [5.41, 5.74) is 17.1. The molecule has 3 nitrogen and oxygen atoms in total. The molecule has 55 heavy (non-hydrogen) atoms. The Morgan fingerprint density at radius 1 is 0.491 bits per heavy atom. The van der Waals surface area contributed by atoms with Gasteiger partial charge in [0.1, 0.15) is 0 Å². The van der Waals surface area contributed by atoms with E-state index in [-0.39, 0.29) is 6.71 Å². The molecule has 2 aliphatic heterocycles. The monoisotopic (exact) mass is 699 g/mol. The summed E-state index contributed by atoms with van der Waals surface area (Å²) >= 11 is 0. The van der Waals surface area contributed by atoms with Crippen LogP contribution in [0, 0.1) is 0 Å². The first-order valence-electron chi connectivity index (χ1n) is 18.9. The Morgan fingerprint density at radius 3 is 1.84 bits per heavy atom. The molecule has 11 rings (SSSR count). The third kappa shape index (κ3) is 4.78. The number of nitrogens with zero attached hydrogens (tertiary/aromatic N) is 3. The van der Waals surface area contributed by atoms with Crippen molar-refractivity contribution in [2.45, 2.75) is 5.41 Å². The first kappa shape index (κ1) is 31.5. The topological polar surface area (TPSA) is 29.0 Å². The number of rotatable bonds is 5. The van der Waals surface area contributed by atoms with Crippen LogP contribution in [0.5, 0.6) is 0 Å². The number of benzene rings is 7. The van der Waals surface area contributed by atoms with Gasteiger partial charge >= 0.3 is 0 Å². The smallest absolute Gasteiger partial charge is 0.245 e. The van der Waals surface area contributed by atoms with Crippen LogP contribution in [0.15, 0.2) is 207 Å². The predicted molar refractivity (Wildman–Crippen MR) is 228 cm³/mol. The summed E-state index contributed by atoms with van der Waals surface area (Å²) in [6.07, 6.45) is 3.82. The molecular weight excluding hydrogens is 665 g/mol. The quantitative estimate of drug-likeness (QED) is 0.168. The fourth-order valence-corrected chi connectivity index (χ4v) is 9.38. The van der Waals surface area contributed by atoms with Gasteiger partial charge in [-0.1, -0.05) is 169 Å². The molecule has 7 aromatic carbocycles. The molecule has 0 fully saturated rings. The van der Waals surface area contributed by atoms with Crippen molar-refractivity contribution in [1.82, 2.24) is 9.97 Å². The molecule has 2 aliphatic rings. The molecule has 0 amide bonds. The van der Waals surface area contributed by atoms with Gasteiger partial charge in [-0.3, -0.25) is 4.98 Å². The van der Waals surface area contributed by atoms with E-state index in [0.29, 0.717) is 0 Å². The maximum absolute atomic E-state index is 5.28. The Bertz CT molecular complexity index is 2800. The van der Waals surface area contributed by atoms with Gasteiger partial charge in [0.25, 0.3) is 0 Å². The summed E-state index contributed by atoms with van der Waals surface area (Å²) in [7, 11) is 0. The average molecular weight is 700 g/mol.